The Bertz CT molecular complexity index is 819. The van der Waals surface area contributed by atoms with Gasteiger partial charge in [0.2, 0.25) is 0 Å². The fourth-order valence-corrected chi connectivity index (χ4v) is 4.43. The van der Waals surface area contributed by atoms with E-state index < -0.39 is 0 Å². The Morgan fingerprint density at radius 3 is 2.35 bits per heavy atom. The SMILES string of the molecule is Cc1cc(C(=O)Nc2ccc(C(=O)NC3CCCCC3)cc2C)c(C)s1. The van der Waals surface area contributed by atoms with Crippen molar-refractivity contribution in [2.24, 2.45) is 0 Å². The highest BCUT2D eigenvalue weighted by atomic mass is 32.1. The van der Waals surface area contributed by atoms with Gasteiger partial charge in [0.05, 0.1) is 5.56 Å². The zero-order valence-electron chi connectivity index (χ0n) is 15.6. The number of hydrogen-bond donors (Lipinski definition) is 2. The summed E-state index contributed by atoms with van der Waals surface area (Å²) in [5.41, 5.74) is 2.99. The van der Waals surface area contributed by atoms with Gasteiger partial charge in [0, 0.05) is 27.0 Å². The first-order chi connectivity index (χ1) is 12.4. The number of thiophene rings is 1. The van der Waals surface area contributed by atoms with Crippen molar-refractivity contribution in [1.29, 1.82) is 0 Å². The van der Waals surface area contributed by atoms with Crippen molar-refractivity contribution in [3.63, 3.8) is 0 Å². The van der Waals surface area contributed by atoms with E-state index in [1.54, 1.807) is 17.4 Å². The maximum atomic E-state index is 12.5. The minimum Gasteiger partial charge on any atom is -0.349 e. The van der Waals surface area contributed by atoms with Crippen LogP contribution in [0.1, 0.15) is 68.1 Å². The van der Waals surface area contributed by atoms with Gasteiger partial charge < -0.3 is 10.6 Å². The number of carbonyl (C=O) groups excluding carboxylic acids is 2. The summed E-state index contributed by atoms with van der Waals surface area (Å²) in [6.45, 7) is 5.87. The second-order valence-electron chi connectivity index (χ2n) is 7.12. The van der Waals surface area contributed by atoms with E-state index in [4.69, 9.17) is 0 Å². The summed E-state index contributed by atoms with van der Waals surface area (Å²) >= 11 is 1.62. The van der Waals surface area contributed by atoms with Gasteiger partial charge in [-0.15, -0.1) is 11.3 Å². The maximum Gasteiger partial charge on any atom is 0.256 e. The summed E-state index contributed by atoms with van der Waals surface area (Å²) in [7, 11) is 0. The third-order valence-corrected chi connectivity index (χ3v) is 5.93. The van der Waals surface area contributed by atoms with E-state index in [2.05, 4.69) is 10.6 Å². The molecule has 138 valence electrons. The molecule has 0 atom stereocenters. The van der Waals surface area contributed by atoms with Crippen molar-refractivity contribution < 1.29 is 9.59 Å². The molecule has 0 aliphatic heterocycles. The molecule has 1 aromatic carbocycles. The molecular weight excluding hydrogens is 344 g/mol. The third-order valence-electron chi connectivity index (χ3n) is 4.96. The van der Waals surface area contributed by atoms with E-state index in [1.165, 1.54) is 19.3 Å². The number of amides is 2. The van der Waals surface area contributed by atoms with E-state index in [1.807, 2.05) is 39.0 Å². The number of aryl methyl sites for hydroxylation is 3. The molecule has 0 saturated heterocycles. The van der Waals surface area contributed by atoms with E-state index in [9.17, 15) is 9.59 Å². The van der Waals surface area contributed by atoms with Crippen LogP contribution in [-0.2, 0) is 0 Å². The van der Waals surface area contributed by atoms with Crippen LogP contribution >= 0.6 is 11.3 Å². The molecule has 26 heavy (non-hydrogen) atoms. The summed E-state index contributed by atoms with van der Waals surface area (Å²) in [5, 5.41) is 6.10. The van der Waals surface area contributed by atoms with Crippen LogP contribution in [0.2, 0.25) is 0 Å². The van der Waals surface area contributed by atoms with Gasteiger partial charge in [0.1, 0.15) is 0 Å². The molecule has 0 spiro atoms. The summed E-state index contributed by atoms with van der Waals surface area (Å²) in [5.74, 6) is -0.128. The standard InChI is InChI=1S/C21H26N2O2S/c1-13-11-16(20(24)22-17-7-5-4-6-8-17)9-10-19(13)23-21(25)18-12-14(2)26-15(18)3/h9-12,17H,4-8H2,1-3H3,(H,22,24)(H,23,25). The average Bonchev–Trinajstić information content (AvgIpc) is 2.96. The average molecular weight is 371 g/mol. The topological polar surface area (TPSA) is 58.2 Å². The fourth-order valence-electron chi connectivity index (χ4n) is 3.51. The van der Waals surface area contributed by atoms with Crippen molar-refractivity contribution in [2.45, 2.75) is 58.9 Å². The van der Waals surface area contributed by atoms with Gasteiger partial charge >= 0.3 is 0 Å². The van der Waals surface area contributed by atoms with Gasteiger partial charge in [-0.05, 0) is 63.4 Å². The van der Waals surface area contributed by atoms with Crippen LogP contribution in [0.25, 0.3) is 0 Å². The van der Waals surface area contributed by atoms with Crippen LogP contribution in [-0.4, -0.2) is 17.9 Å². The van der Waals surface area contributed by atoms with E-state index in [0.29, 0.717) is 17.2 Å². The Morgan fingerprint density at radius 1 is 1.00 bits per heavy atom. The highest BCUT2D eigenvalue weighted by molar-refractivity contribution is 7.12. The molecule has 1 aromatic heterocycles. The number of benzene rings is 1. The molecular formula is C21H26N2O2S. The summed E-state index contributed by atoms with van der Waals surface area (Å²) < 4.78 is 0. The van der Waals surface area contributed by atoms with Crippen molar-refractivity contribution >= 4 is 28.8 Å². The van der Waals surface area contributed by atoms with Crippen LogP contribution in [0.5, 0.6) is 0 Å². The minimum absolute atomic E-state index is 0.0258. The summed E-state index contributed by atoms with van der Waals surface area (Å²) in [6.07, 6.45) is 5.78. The monoisotopic (exact) mass is 370 g/mol. The minimum atomic E-state index is -0.102. The first-order valence-electron chi connectivity index (χ1n) is 9.24. The van der Waals surface area contributed by atoms with E-state index >= 15 is 0 Å². The van der Waals surface area contributed by atoms with Crippen LogP contribution in [0.4, 0.5) is 5.69 Å². The Morgan fingerprint density at radius 2 is 1.73 bits per heavy atom. The van der Waals surface area contributed by atoms with Crippen molar-refractivity contribution in [3.05, 3.63) is 50.7 Å². The molecule has 2 aromatic rings. The van der Waals surface area contributed by atoms with Gasteiger partial charge in [-0.1, -0.05) is 19.3 Å². The predicted octanol–water partition coefficient (Wildman–Crippen LogP) is 4.99. The predicted molar refractivity (Wildman–Crippen MR) is 107 cm³/mol. The molecule has 3 rings (SSSR count). The Kier molecular flexibility index (Phi) is 5.77. The molecule has 1 heterocycles. The molecule has 4 nitrogen and oxygen atoms in total. The van der Waals surface area contributed by atoms with Gasteiger partial charge in [-0.2, -0.15) is 0 Å². The van der Waals surface area contributed by atoms with Crippen LogP contribution in [0.15, 0.2) is 24.3 Å². The van der Waals surface area contributed by atoms with E-state index in [0.717, 1.165) is 33.8 Å². The molecule has 1 aliphatic rings. The number of carbonyl (C=O) groups is 2. The summed E-state index contributed by atoms with van der Waals surface area (Å²) in [6, 6.07) is 7.65. The summed E-state index contributed by atoms with van der Waals surface area (Å²) in [4.78, 5) is 27.1. The third kappa shape index (κ3) is 4.33. The van der Waals surface area contributed by atoms with Crippen LogP contribution < -0.4 is 10.6 Å². The molecule has 1 fully saturated rings. The number of anilines is 1. The molecule has 0 bridgehead atoms. The lowest BCUT2D eigenvalue weighted by atomic mass is 9.95. The van der Waals surface area contributed by atoms with Crippen molar-refractivity contribution in [2.75, 3.05) is 5.32 Å². The normalized spacial score (nSPS) is 14.9. The smallest absolute Gasteiger partial charge is 0.256 e. The number of nitrogens with one attached hydrogen (secondary N) is 2. The Balaban J connectivity index is 1.68. The molecule has 2 amide bonds. The first kappa shape index (κ1) is 18.6. The Hall–Kier alpha value is -2.14. The van der Waals surface area contributed by atoms with Crippen molar-refractivity contribution in [1.82, 2.24) is 5.32 Å². The number of rotatable bonds is 4. The first-order valence-corrected chi connectivity index (χ1v) is 10.1. The number of hydrogen-bond acceptors (Lipinski definition) is 3. The lowest BCUT2D eigenvalue weighted by Crippen LogP contribution is -2.36. The highest BCUT2D eigenvalue weighted by Crippen LogP contribution is 2.24. The molecule has 1 aliphatic carbocycles. The largest absolute Gasteiger partial charge is 0.349 e. The second kappa shape index (κ2) is 8.04. The van der Waals surface area contributed by atoms with Gasteiger partial charge in [-0.25, -0.2) is 0 Å². The lowest BCUT2D eigenvalue weighted by Gasteiger charge is -2.23. The van der Waals surface area contributed by atoms with Gasteiger partial charge in [0.15, 0.2) is 0 Å². The Labute approximate surface area is 159 Å². The van der Waals surface area contributed by atoms with Crippen LogP contribution in [0, 0.1) is 20.8 Å². The second-order valence-corrected chi connectivity index (χ2v) is 8.58. The highest BCUT2D eigenvalue weighted by Gasteiger charge is 2.18. The van der Waals surface area contributed by atoms with Gasteiger partial charge in [-0.3, -0.25) is 9.59 Å². The lowest BCUT2D eigenvalue weighted by molar-refractivity contribution is 0.0927. The molecule has 5 heteroatoms. The van der Waals surface area contributed by atoms with Gasteiger partial charge in [0.25, 0.3) is 11.8 Å². The fraction of sp³-hybridized carbons (Fsp3) is 0.429. The molecule has 2 N–H and O–H groups in total. The van der Waals surface area contributed by atoms with Crippen molar-refractivity contribution in [3.8, 4) is 0 Å². The quantitative estimate of drug-likeness (QED) is 0.797. The maximum absolute atomic E-state index is 12.5. The molecule has 0 radical (unpaired) electrons. The zero-order valence-corrected chi connectivity index (χ0v) is 16.5. The van der Waals surface area contributed by atoms with Crippen LogP contribution in [0.3, 0.4) is 0 Å². The molecule has 1 saturated carbocycles. The molecule has 0 unspecified atom stereocenters. The van der Waals surface area contributed by atoms with E-state index in [-0.39, 0.29) is 11.8 Å². The zero-order chi connectivity index (χ0) is 18.7.